The monoisotopic (exact) mass is 510 g/mol. The number of pyridine rings is 1. The normalized spacial score (nSPS) is 16.8. The zero-order chi connectivity index (χ0) is 20.4. The van der Waals surface area contributed by atoms with Gasteiger partial charge in [-0.25, -0.2) is 4.98 Å². The minimum atomic E-state index is -0.0598. The van der Waals surface area contributed by atoms with Crippen molar-refractivity contribution in [1.82, 2.24) is 19.7 Å². The SMILES string of the molecule is Cc1noc(C)c1-c1ccc2nc(N3CC(N)C3)n3c2c1OC[C@@H]3c1ccccn1.Cl.Cl.Cl. The van der Waals surface area contributed by atoms with Gasteiger partial charge in [-0.3, -0.25) is 9.55 Å². The fraction of sp³-hybridized carbons (Fsp3) is 0.318. The van der Waals surface area contributed by atoms with Crippen molar-refractivity contribution >= 4 is 54.2 Å². The number of hydrogen-bond donors (Lipinski definition) is 1. The predicted octanol–water partition coefficient (Wildman–Crippen LogP) is 4.10. The van der Waals surface area contributed by atoms with Gasteiger partial charge in [0.05, 0.1) is 22.5 Å². The summed E-state index contributed by atoms with van der Waals surface area (Å²) in [5.74, 6) is 2.51. The van der Waals surface area contributed by atoms with Gasteiger partial charge >= 0.3 is 0 Å². The minimum absolute atomic E-state index is 0. The standard InChI is InChI=1S/C22H22N6O2.3ClH/c1-12-19(13(2)30-26-12)15-6-7-17-20-21(15)29-11-18(16-5-3-4-8-24-16)28(20)22(25-17)27-9-14(23)10-27;;;/h3-8,14,18H,9-11,23H2,1-2H3;3*1H/t18-;;;/m1.../s1. The zero-order valence-corrected chi connectivity index (χ0v) is 20.5. The molecular weight excluding hydrogens is 487 g/mol. The summed E-state index contributed by atoms with van der Waals surface area (Å²) in [5, 5.41) is 4.13. The summed E-state index contributed by atoms with van der Waals surface area (Å²) in [6.07, 6.45) is 1.82. The van der Waals surface area contributed by atoms with Crippen LogP contribution >= 0.6 is 37.2 Å². The Bertz CT molecular complexity index is 1250. The molecule has 3 aromatic heterocycles. The van der Waals surface area contributed by atoms with Crippen molar-refractivity contribution in [3.63, 3.8) is 0 Å². The second-order valence-corrected chi connectivity index (χ2v) is 8.04. The molecule has 2 aliphatic heterocycles. The molecule has 2 aliphatic rings. The molecule has 0 bridgehead atoms. The molecule has 0 saturated carbocycles. The van der Waals surface area contributed by atoms with E-state index in [1.165, 1.54) is 0 Å². The molecule has 1 fully saturated rings. The van der Waals surface area contributed by atoms with E-state index in [1.807, 2.05) is 50.4 Å². The molecule has 0 aliphatic carbocycles. The molecule has 8 nitrogen and oxygen atoms in total. The van der Waals surface area contributed by atoms with Gasteiger partial charge in [0.15, 0.2) is 5.75 Å². The molecule has 1 aromatic carbocycles. The lowest BCUT2D eigenvalue weighted by molar-refractivity contribution is 0.257. The quantitative estimate of drug-likeness (QED) is 0.442. The van der Waals surface area contributed by atoms with E-state index in [2.05, 4.69) is 19.6 Å². The van der Waals surface area contributed by atoms with Crippen molar-refractivity contribution in [1.29, 1.82) is 0 Å². The van der Waals surface area contributed by atoms with E-state index in [1.54, 1.807) is 0 Å². The smallest absolute Gasteiger partial charge is 0.207 e. The Labute approximate surface area is 209 Å². The van der Waals surface area contributed by atoms with Gasteiger partial charge in [-0.15, -0.1) is 37.2 Å². The molecule has 1 atom stereocenters. The highest BCUT2D eigenvalue weighted by Gasteiger charge is 2.36. The van der Waals surface area contributed by atoms with E-state index in [0.29, 0.717) is 6.61 Å². The summed E-state index contributed by atoms with van der Waals surface area (Å²) in [6, 6.07) is 10.2. The van der Waals surface area contributed by atoms with Gasteiger partial charge in [-0.05, 0) is 38.1 Å². The first-order valence-corrected chi connectivity index (χ1v) is 10.1. The third-order valence-electron chi connectivity index (χ3n) is 6.01. The molecule has 33 heavy (non-hydrogen) atoms. The van der Waals surface area contributed by atoms with Crippen LogP contribution in [0.15, 0.2) is 41.1 Å². The number of benzene rings is 1. The second-order valence-electron chi connectivity index (χ2n) is 8.04. The van der Waals surface area contributed by atoms with Crippen molar-refractivity contribution in [2.75, 3.05) is 24.6 Å². The van der Waals surface area contributed by atoms with Crippen LogP contribution in [-0.4, -0.2) is 45.4 Å². The van der Waals surface area contributed by atoms with E-state index in [0.717, 1.165) is 64.1 Å². The van der Waals surface area contributed by atoms with Crippen molar-refractivity contribution < 1.29 is 9.26 Å². The van der Waals surface area contributed by atoms with Gasteiger partial charge in [0.1, 0.15) is 23.9 Å². The summed E-state index contributed by atoms with van der Waals surface area (Å²) in [7, 11) is 0. The summed E-state index contributed by atoms with van der Waals surface area (Å²) in [4.78, 5) is 11.8. The van der Waals surface area contributed by atoms with Crippen molar-refractivity contribution in [2.45, 2.75) is 25.9 Å². The molecule has 1 saturated heterocycles. The van der Waals surface area contributed by atoms with Crippen LogP contribution in [0.3, 0.4) is 0 Å². The Balaban J connectivity index is 0.00000102. The van der Waals surface area contributed by atoms with Gasteiger partial charge < -0.3 is 19.9 Å². The number of halogens is 3. The summed E-state index contributed by atoms with van der Waals surface area (Å²) in [6.45, 7) is 5.95. The van der Waals surface area contributed by atoms with Crippen LogP contribution < -0.4 is 15.4 Å². The third-order valence-corrected chi connectivity index (χ3v) is 6.01. The molecule has 6 rings (SSSR count). The Hall–Kier alpha value is -2.52. The molecule has 2 N–H and O–H groups in total. The molecule has 0 amide bonds. The predicted molar refractivity (Wildman–Crippen MR) is 135 cm³/mol. The zero-order valence-electron chi connectivity index (χ0n) is 18.1. The fourth-order valence-corrected chi connectivity index (χ4v) is 4.58. The van der Waals surface area contributed by atoms with Crippen molar-refractivity contribution in [3.8, 4) is 16.9 Å². The van der Waals surface area contributed by atoms with E-state index >= 15 is 0 Å². The fourth-order valence-electron chi connectivity index (χ4n) is 4.58. The summed E-state index contributed by atoms with van der Waals surface area (Å²) in [5.41, 5.74) is 11.7. The van der Waals surface area contributed by atoms with E-state index in [4.69, 9.17) is 20.0 Å². The average molecular weight is 512 g/mol. The maximum Gasteiger partial charge on any atom is 0.207 e. The Morgan fingerprint density at radius 1 is 1.06 bits per heavy atom. The lowest BCUT2D eigenvalue weighted by Crippen LogP contribution is -2.57. The van der Waals surface area contributed by atoms with Crippen LogP contribution in [0.5, 0.6) is 5.75 Å². The van der Waals surface area contributed by atoms with Crippen LogP contribution in [0, 0.1) is 13.8 Å². The number of ether oxygens (including phenoxy) is 1. The summed E-state index contributed by atoms with van der Waals surface area (Å²) >= 11 is 0. The number of imidazole rings is 1. The Kier molecular flexibility index (Phi) is 7.14. The first-order valence-electron chi connectivity index (χ1n) is 10.1. The highest BCUT2D eigenvalue weighted by atomic mass is 35.5. The molecule has 176 valence electrons. The van der Waals surface area contributed by atoms with Crippen LogP contribution in [0.4, 0.5) is 5.95 Å². The molecular formula is C22H25Cl3N6O2. The second kappa shape index (κ2) is 9.38. The maximum atomic E-state index is 6.38. The number of anilines is 1. The highest BCUT2D eigenvalue weighted by Crippen LogP contribution is 2.46. The van der Waals surface area contributed by atoms with Crippen LogP contribution in [0.25, 0.3) is 22.2 Å². The average Bonchev–Trinajstić information content (AvgIpc) is 3.28. The van der Waals surface area contributed by atoms with Gasteiger partial charge in [0.2, 0.25) is 5.95 Å². The van der Waals surface area contributed by atoms with Crippen LogP contribution in [0.2, 0.25) is 0 Å². The van der Waals surface area contributed by atoms with E-state index in [9.17, 15) is 0 Å². The molecule has 0 spiro atoms. The molecule has 0 radical (unpaired) electrons. The molecule has 5 heterocycles. The Morgan fingerprint density at radius 2 is 1.85 bits per heavy atom. The van der Waals surface area contributed by atoms with Crippen LogP contribution in [0.1, 0.15) is 23.2 Å². The first kappa shape index (κ1) is 25.1. The molecule has 4 aromatic rings. The van der Waals surface area contributed by atoms with Crippen molar-refractivity contribution in [2.24, 2.45) is 5.73 Å². The Morgan fingerprint density at radius 3 is 2.48 bits per heavy atom. The minimum Gasteiger partial charge on any atom is -0.488 e. The van der Waals surface area contributed by atoms with E-state index in [-0.39, 0.29) is 49.3 Å². The number of rotatable bonds is 3. The van der Waals surface area contributed by atoms with Gasteiger partial charge in [-0.1, -0.05) is 11.2 Å². The number of aryl methyl sites for hydroxylation is 2. The number of aromatic nitrogens is 4. The van der Waals surface area contributed by atoms with Crippen molar-refractivity contribution in [3.05, 3.63) is 53.7 Å². The highest BCUT2D eigenvalue weighted by molar-refractivity contribution is 5.94. The van der Waals surface area contributed by atoms with Gasteiger partial charge in [-0.2, -0.15) is 0 Å². The third kappa shape index (κ3) is 3.81. The lowest BCUT2D eigenvalue weighted by atomic mass is 10.0. The molecule has 11 heteroatoms. The number of hydrogen-bond acceptors (Lipinski definition) is 7. The topological polar surface area (TPSA) is 95.2 Å². The summed E-state index contributed by atoms with van der Waals surface area (Å²) < 4.78 is 14.1. The maximum absolute atomic E-state index is 6.38. The van der Waals surface area contributed by atoms with Gasteiger partial charge in [0.25, 0.3) is 0 Å². The first-order chi connectivity index (χ1) is 14.6. The van der Waals surface area contributed by atoms with E-state index < -0.39 is 0 Å². The lowest BCUT2D eigenvalue weighted by Gasteiger charge is -2.39. The van der Waals surface area contributed by atoms with Crippen LogP contribution in [-0.2, 0) is 0 Å². The molecule has 0 unspecified atom stereocenters. The number of nitrogens with two attached hydrogens (primary N) is 1. The largest absolute Gasteiger partial charge is 0.488 e. The van der Waals surface area contributed by atoms with Gasteiger partial charge in [0, 0.05) is 30.9 Å². The number of nitrogens with zero attached hydrogens (tertiary/aromatic N) is 5.